The Morgan fingerprint density at radius 1 is 0.470 bits per heavy atom. The van der Waals surface area contributed by atoms with Crippen molar-refractivity contribution < 1.29 is 10.2 Å². The Hall–Kier alpha value is -5.27. The third-order valence-corrected chi connectivity index (χ3v) is 14.5. The number of benzene rings is 4. The molecule has 3 N–H and O–H groups in total. The van der Waals surface area contributed by atoms with Crippen molar-refractivity contribution in [3.8, 4) is 67.2 Å². The van der Waals surface area contributed by atoms with Gasteiger partial charge in [-0.3, -0.25) is 4.98 Å². The van der Waals surface area contributed by atoms with Gasteiger partial charge in [-0.1, -0.05) is 112 Å². The van der Waals surface area contributed by atoms with Crippen molar-refractivity contribution in [2.45, 2.75) is 32.1 Å². The van der Waals surface area contributed by atoms with E-state index in [0.29, 0.717) is 25.7 Å². The number of H-pyrrole nitrogens is 1. The Morgan fingerprint density at radius 3 is 1.52 bits per heavy atom. The predicted molar refractivity (Wildman–Crippen MR) is 285 cm³/mol. The van der Waals surface area contributed by atoms with E-state index in [1.807, 2.05) is 0 Å². The van der Waals surface area contributed by atoms with Gasteiger partial charge in [0.1, 0.15) is 0 Å². The summed E-state index contributed by atoms with van der Waals surface area (Å²) in [7, 11) is 2.13. The average Bonchev–Trinajstić information content (AvgIpc) is 4.15. The second kappa shape index (κ2) is 19.1. The molecule has 0 atom stereocenters. The van der Waals surface area contributed by atoms with Crippen LogP contribution in [0.3, 0.4) is 0 Å². The van der Waals surface area contributed by atoms with Gasteiger partial charge in [0, 0.05) is 82.7 Å². The van der Waals surface area contributed by atoms with Crippen LogP contribution in [-0.4, -0.2) is 47.9 Å². The van der Waals surface area contributed by atoms with Gasteiger partial charge in [-0.15, -0.1) is 0 Å². The molecule has 0 radical (unpaired) electrons. The second-order valence-corrected chi connectivity index (χ2v) is 20.2. The van der Waals surface area contributed by atoms with Gasteiger partial charge in [-0.25, -0.2) is 9.97 Å². The molecule has 8 bridgehead atoms. The molecule has 8 aromatic rings. The van der Waals surface area contributed by atoms with E-state index in [4.69, 9.17) is 15.0 Å². The number of unbranched alkanes of at least 4 members (excludes halogenated alkanes) is 1. The van der Waals surface area contributed by atoms with Crippen molar-refractivity contribution in [1.29, 1.82) is 0 Å². The fourth-order valence-electron chi connectivity index (χ4n) is 9.15. The Bertz CT molecular complexity index is 3340. The van der Waals surface area contributed by atoms with Crippen LogP contribution < -0.4 is 0 Å². The maximum absolute atomic E-state index is 10.1. The van der Waals surface area contributed by atoms with Gasteiger partial charge in [-0.05, 0) is 151 Å². The number of aryl methyl sites for hydroxylation is 3. The summed E-state index contributed by atoms with van der Waals surface area (Å²) in [4.78, 5) is 20.8. The largest absolute Gasteiger partial charge is 0.396 e. The summed E-state index contributed by atoms with van der Waals surface area (Å²) >= 11 is 14.8. The number of rotatable bonds is 11. The first-order chi connectivity index (χ1) is 32.2. The van der Waals surface area contributed by atoms with Crippen LogP contribution in [0.25, 0.3) is 101 Å². The van der Waals surface area contributed by atoms with Crippen LogP contribution in [0.5, 0.6) is 0 Å². The molecule has 0 saturated carbocycles. The fraction of sp³-hybridized carbons (Fsp3) is 0.145. The lowest BCUT2D eigenvalue weighted by Crippen LogP contribution is -2.03. The van der Waals surface area contributed by atoms with E-state index in [0.717, 1.165) is 136 Å². The molecule has 4 aromatic carbocycles. The number of aliphatic hydroxyl groups is 2. The number of hydrogen-bond acceptors (Lipinski definition) is 5. The zero-order chi connectivity index (χ0) is 45.5. The Morgan fingerprint density at radius 2 is 0.955 bits per heavy atom. The Kier molecular flexibility index (Phi) is 12.9. The van der Waals surface area contributed by atoms with Gasteiger partial charge in [0.25, 0.3) is 0 Å². The van der Waals surface area contributed by atoms with E-state index < -0.39 is 0 Å². The number of hydrogen-bond donors (Lipinski definition) is 3. The molecule has 0 fully saturated rings. The highest BCUT2D eigenvalue weighted by molar-refractivity contribution is 9.11. The van der Waals surface area contributed by atoms with E-state index in [1.165, 1.54) is 0 Å². The highest BCUT2D eigenvalue weighted by Crippen LogP contribution is 2.47. The minimum absolute atomic E-state index is 0.0701. The fourth-order valence-corrected chi connectivity index (χ4v) is 10.2. The van der Waals surface area contributed by atoms with Crippen molar-refractivity contribution >= 4 is 97.9 Å². The molecule has 0 saturated heterocycles. The highest BCUT2D eigenvalue weighted by Gasteiger charge is 2.29. The topological polar surface area (TPSA) is 99.9 Å². The lowest BCUT2D eigenvalue weighted by molar-refractivity contribution is 0.284. The molecule has 66 heavy (non-hydrogen) atoms. The van der Waals surface area contributed by atoms with E-state index in [9.17, 15) is 10.2 Å². The Labute approximate surface area is 416 Å². The van der Waals surface area contributed by atoms with Crippen molar-refractivity contribution in [2.75, 3.05) is 13.2 Å². The van der Waals surface area contributed by atoms with Gasteiger partial charge >= 0.3 is 0 Å². The van der Waals surface area contributed by atoms with Crippen molar-refractivity contribution in [3.63, 3.8) is 0 Å². The molecule has 2 aliphatic rings. The quantitative estimate of drug-likeness (QED) is 0.112. The van der Waals surface area contributed by atoms with Crippen LogP contribution in [0.15, 0.2) is 145 Å². The van der Waals surface area contributed by atoms with Crippen molar-refractivity contribution in [3.05, 3.63) is 168 Å². The molecular formula is C55H43Br4N5O2. The van der Waals surface area contributed by atoms with Crippen LogP contribution in [0.4, 0.5) is 0 Å². The number of aliphatic hydroxyl groups excluding tert-OH is 2. The number of fused-ring (bicyclic) bond motifs is 11. The zero-order valence-corrected chi connectivity index (χ0v) is 42.3. The standard InChI is InChI=1S/C55H43Br4N5O2/c1-64-47-27-28-48(64)52(35-13-21-40(59)22-14-35)53-41-31-36(5-4-30-66)42(6-2-3-29-65)62-54(41)55(63-53)51(34-11-19-39(58)20-12-34)46-26-24-44(61-46)49(32-7-15-37(56)16-8-32)43-23-25-45(60-43)50(47)33-9-17-38(57)18-10-33/h7-28,31,61,65-66H,2-6,29-30H2,1H3. The lowest BCUT2D eigenvalue weighted by atomic mass is 9.94. The van der Waals surface area contributed by atoms with Crippen LogP contribution in [0, 0.1) is 0 Å². The number of halogens is 4. The number of pyridine rings is 1. The molecule has 0 unspecified atom stereocenters. The molecule has 2 aliphatic heterocycles. The van der Waals surface area contributed by atoms with Gasteiger partial charge in [0.15, 0.2) is 0 Å². The second-order valence-electron chi connectivity index (χ2n) is 16.5. The SMILES string of the molecule is Cn1c2ccc1c(-c1ccc(Br)cc1)c1nc(c(-c3ccc(Br)cc3)c3ccc([nH]3)c(-c3ccc(Br)cc3)c3nc(c2-c2ccc(Br)cc2)C=C3)-c2nc(CCCCO)c(CCCO)cc2-1. The minimum atomic E-state index is 0.0701. The predicted octanol–water partition coefficient (Wildman–Crippen LogP) is 15.2. The third-order valence-electron chi connectivity index (χ3n) is 12.3. The normalized spacial score (nSPS) is 11.9. The molecule has 0 amide bonds. The number of nitrogens with zero attached hydrogens (tertiary/aromatic N) is 4. The molecule has 0 spiro atoms. The molecule has 7 nitrogen and oxygen atoms in total. The average molecular weight is 1130 g/mol. The third kappa shape index (κ3) is 8.62. The van der Waals surface area contributed by atoms with E-state index >= 15 is 0 Å². The summed E-state index contributed by atoms with van der Waals surface area (Å²) in [6.07, 6.45) is 7.67. The first-order valence-electron chi connectivity index (χ1n) is 21.9. The molecule has 6 heterocycles. The van der Waals surface area contributed by atoms with Crippen molar-refractivity contribution in [2.24, 2.45) is 7.05 Å². The first kappa shape index (κ1) is 44.6. The van der Waals surface area contributed by atoms with Crippen LogP contribution in [-0.2, 0) is 19.9 Å². The molecular weight excluding hydrogens is 1080 g/mol. The summed E-state index contributed by atoms with van der Waals surface area (Å²) in [5.74, 6) is 0. The molecule has 328 valence electrons. The summed E-state index contributed by atoms with van der Waals surface area (Å²) in [5, 5.41) is 19.9. The summed E-state index contributed by atoms with van der Waals surface area (Å²) in [6, 6.07) is 44.6. The minimum Gasteiger partial charge on any atom is -0.396 e. The molecule has 4 aromatic heterocycles. The number of aromatic nitrogens is 5. The van der Waals surface area contributed by atoms with Crippen molar-refractivity contribution in [1.82, 2.24) is 24.5 Å². The van der Waals surface area contributed by atoms with Gasteiger partial charge in [-0.2, -0.15) is 0 Å². The maximum Gasteiger partial charge on any atom is 0.1000 e. The number of nitrogens with one attached hydrogen (secondary N) is 1. The highest BCUT2D eigenvalue weighted by atomic mass is 79.9. The molecule has 0 aliphatic carbocycles. The Balaban J connectivity index is 1.44. The lowest BCUT2D eigenvalue weighted by Gasteiger charge is -2.14. The van der Waals surface area contributed by atoms with Gasteiger partial charge < -0.3 is 19.8 Å². The van der Waals surface area contributed by atoms with Crippen LogP contribution in [0.2, 0.25) is 0 Å². The van der Waals surface area contributed by atoms with Crippen LogP contribution >= 0.6 is 63.7 Å². The smallest absolute Gasteiger partial charge is 0.1000 e. The summed E-state index contributed by atoms with van der Waals surface area (Å²) in [6.45, 7) is 0.185. The first-order valence-corrected chi connectivity index (χ1v) is 25.1. The monoisotopic (exact) mass is 1120 g/mol. The van der Waals surface area contributed by atoms with Gasteiger partial charge in [0.2, 0.25) is 0 Å². The summed E-state index contributed by atoms with van der Waals surface area (Å²) < 4.78 is 6.21. The number of aromatic amines is 1. The van der Waals surface area contributed by atoms with E-state index in [2.05, 4.69) is 220 Å². The molecule has 11 heteroatoms. The zero-order valence-electron chi connectivity index (χ0n) is 35.9. The van der Waals surface area contributed by atoms with Gasteiger partial charge in [0.05, 0.1) is 39.5 Å². The van der Waals surface area contributed by atoms with Crippen LogP contribution in [0.1, 0.15) is 41.9 Å². The maximum atomic E-state index is 10.1. The van der Waals surface area contributed by atoms with E-state index in [1.54, 1.807) is 0 Å². The molecule has 10 rings (SSSR count). The summed E-state index contributed by atoms with van der Waals surface area (Å²) in [5.41, 5.74) is 18.7. The van der Waals surface area contributed by atoms with E-state index in [-0.39, 0.29) is 13.2 Å².